The molecule has 0 radical (unpaired) electrons. The summed E-state index contributed by atoms with van der Waals surface area (Å²) in [6.07, 6.45) is 1.79. The zero-order chi connectivity index (χ0) is 16.0. The molecular formula is C18H23N3O2. The summed E-state index contributed by atoms with van der Waals surface area (Å²) >= 11 is 0. The highest BCUT2D eigenvalue weighted by Gasteiger charge is 2.49. The van der Waals surface area contributed by atoms with Gasteiger partial charge in [0.25, 0.3) is 0 Å². The number of carbonyl (C=O) groups is 2. The van der Waals surface area contributed by atoms with Gasteiger partial charge >= 0.3 is 0 Å². The summed E-state index contributed by atoms with van der Waals surface area (Å²) in [5.41, 5.74) is 2.52. The fourth-order valence-corrected chi connectivity index (χ4v) is 4.08. The largest absolute Gasteiger partial charge is 0.329 e. The molecule has 0 aromatic heterocycles. The maximum absolute atomic E-state index is 12.7. The van der Waals surface area contributed by atoms with Gasteiger partial charge in [0.15, 0.2) is 0 Å². The van der Waals surface area contributed by atoms with Crippen LogP contribution >= 0.6 is 0 Å². The summed E-state index contributed by atoms with van der Waals surface area (Å²) in [5.74, 6) is 0.322. The van der Waals surface area contributed by atoms with Crippen molar-refractivity contribution in [1.82, 2.24) is 14.7 Å². The van der Waals surface area contributed by atoms with Crippen LogP contribution in [0.1, 0.15) is 24.0 Å². The van der Waals surface area contributed by atoms with Crippen molar-refractivity contribution in [2.75, 3.05) is 26.2 Å². The molecule has 0 aliphatic carbocycles. The van der Waals surface area contributed by atoms with E-state index in [1.165, 1.54) is 11.1 Å². The Kier molecular flexibility index (Phi) is 3.60. The lowest BCUT2D eigenvalue weighted by molar-refractivity contribution is -0.163. The number of nitrogens with zero attached hydrogens (tertiary/aromatic N) is 3. The average Bonchev–Trinajstić information content (AvgIpc) is 3.05. The van der Waals surface area contributed by atoms with Gasteiger partial charge in [0.05, 0.1) is 0 Å². The zero-order valence-corrected chi connectivity index (χ0v) is 13.6. The number of hydrogen-bond donors (Lipinski definition) is 0. The Morgan fingerprint density at radius 2 is 1.65 bits per heavy atom. The first kappa shape index (κ1) is 14.7. The van der Waals surface area contributed by atoms with Crippen molar-refractivity contribution in [3.8, 4) is 0 Å². The number of benzene rings is 1. The van der Waals surface area contributed by atoms with Crippen LogP contribution in [0.3, 0.4) is 0 Å². The smallest absolute Gasteiger partial charge is 0.247 e. The zero-order valence-electron chi connectivity index (χ0n) is 13.6. The number of rotatable bonds is 2. The summed E-state index contributed by atoms with van der Waals surface area (Å²) in [7, 11) is 0. The molecule has 122 valence electrons. The normalized spacial score (nSPS) is 28.0. The molecule has 4 rings (SSSR count). The molecule has 0 spiro atoms. The van der Waals surface area contributed by atoms with Crippen LogP contribution < -0.4 is 0 Å². The van der Waals surface area contributed by atoms with Gasteiger partial charge in [0.2, 0.25) is 11.8 Å². The van der Waals surface area contributed by atoms with Gasteiger partial charge in [0.1, 0.15) is 12.1 Å². The van der Waals surface area contributed by atoms with Crippen molar-refractivity contribution in [2.24, 2.45) is 0 Å². The molecule has 5 nitrogen and oxygen atoms in total. The second-order valence-electron chi connectivity index (χ2n) is 6.96. The molecule has 1 aromatic rings. The number of aryl methyl sites for hydroxylation is 1. The topological polar surface area (TPSA) is 43.9 Å². The van der Waals surface area contributed by atoms with Crippen LogP contribution in [0.2, 0.25) is 0 Å². The van der Waals surface area contributed by atoms with Crippen LogP contribution in [0, 0.1) is 6.92 Å². The SMILES string of the molecule is Cc1ccc(CN2CCN3C(=O)[C@H]4CCCN4C(=O)[C@H]3C2)cc1. The molecule has 0 saturated carbocycles. The predicted octanol–water partition coefficient (Wildman–Crippen LogP) is 1.01. The molecule has 3 saturated heterocycles. The van der Waals surface area contributed by atoms with Gasteiger partial charge in [-0.1, -0.05) is 29.8 Å². The van der Waals surface area contributed by atoms with Crippen LogP contribution in [0.25, 0.3) is 0 Å². The van der Waals surface area contributed by atoms with Gasteiger partial charge in [-0.2, -0.15) is 0 Å². The van der Waals surface area contributed by atoms with E-state index in [-0.39, 0.29) is 23.9 Å². The van der Waals surface area contributed by atoms with E-state index < -0.39 is 0 Å². The molecule has 0 bridgehead atoms. The summed E-state index contributed by atoms with van der Waals surface area (Å²) in [5, 5.41) is 0. The number of fused-ring (bicyclic) bond motifs is 2. The van der Waals surface area contributed by atoms with Crippen molar-refractivity contribution in [2.45, 2.75) is 38.4 Å². The molecule has 23 heavy (non-hydrogen) atoms. The Hall–Kier alpha value is -1.88. The Bertz CT molecular complexity index is 628. The molecular weight excluding hydrogens is 290 g/mol. The Labute approximate surface area is 136 Å². The lowest BCUT2D eigenvalue weighted by Gasteiger charge is -2.47. The molecule has 3 aliphatic heterocycles. The van der Waals surface area contributed by atoms with E-state index in [0.717, 1.165) is 32.5 Å². The fourth-order valence-electron chi connectivity index (χ4n) is 4.08. The standard InChI is InChI=1S/C18H23N3O2/c1-13-4-6-14(7-5-13)11-19-9-10-21-16(12-19)18(23)20-8-2-3-15(20)17(21)22/h4-7,15-16H,2-3,8-12H2,1H3/t15-,16-/m1/s1. The third kappa shape index (κ3) is 2.53. The Morgan fingerprint density at radius 3 is 2.43 bits per heavy atom. The molecule has 0 N–H and O–H groups in total. The first-order valence-corrected chi connectivity index (χ1v) is 8.52. The van der Waals surface area contributed by atoms with E-state index in [1.54, 1.807) is 0 Å². The highest BCUT2D eigenvalue weighted by Crippen LogP contribution is 2.29. The lowest BCUT2D eigenvalue weighted by atomic mass is 10.0. The van der Waals surface area contributed by atoms with Gasteiger partial charge in [-0.15, -0.1) is 0 Å². The Morgan fingerprint density at radius 1 is 0.957 bits per heavy atom. The van der Waals surface area contributed by atoms with E-state index in [4.69, 9.17) is 0 Å². The fraction of sp³-hybridized carbons (Fsp3) is 0.556. The van der Waals surface area contributed by atoms with Gasteiger partial charge in [-0.25, -0.2) is 0 Å². The molecule has 2 amide bonds. The van der Waals surface area contributed by atoms with Gasteiger partial charge in [-0.3, -0.25) is 14.5 Å². The van der Waals surface area contributed by atoms with E-state index in [9.17, 15) is 9.59 Å². The first-order chi connectivity index (χ1) is 11.1. The molecule has 2 atom stereocenters. The quantitative estimate of drug-likeness (QED) is 0.818. The number of carbonyl (C=O) groups excluding carboxylic acids is 2. The average molecular weight is 313 g/mol. The van der Waals surface area contributed by atoms with E-state index >= 15 is 0 Å². The van der Waals surface area contributed by atoms with Gasteiger partial charge in [-0.05, 0) is 25.3 Å². The summed E-state index contributed by atoms with van der Waals surface area (Å²) in [6.45, 7) is 5.84. The van der Waals surface area contributed by atoms with Crippen molar-refractivity contribution in [1.29, 1.82) is 0 Å². The van der Waals surface area contributed by atoms with Crippen LogP contribution in [0.5, 0.6) is 0 Å². The van der Waals surface area contributed by atoms with Crippen molar-refractivity contribution < 1.29 is 9.59 Å². The van der Waals surface area contributed by atoms with Crippen LogP contribution in [-0.4, -0.2) is 64.8 Å². The van der Waals surface area contributed by atoms with Crippen molar-refractivity contribution in [3.63, 3.8) is 0 Å². The van der Waals surface area contributed by atoms with Crippen molar-refractivity contribution >= 4 is 11.8 Å². The van der Waals surface area contributed by atoms with Gasteiger partial charge < -0.3 is 9.80 Å². The summed E-state index contributed by atoms with van der Waals surface area (Å²) in [4.78, 5) is 31.3. The molecule has 0 unspecified atom stereocenters. The maximum atomic E-state index is 12.7. The highest BCUT2D eigenvalue weighted by atomic mass is 16.2. The lowest BCUT2D eigenvalue weighted by Crippen LogP contribution is -2.68. The van der Waals surface area contributed by atoms with Crippen molar-refractivity contribution in [3.05, 3.63) is 35.4 Å². The van der Waals surface area contributed by atoms with Gasteiger partial charge in [0, 0.05) is 32.7 Å². The third-order valence-corrected chi connectivity index (χ3v) is 5.38. The summed E-state index contributed by atoms with van der Waals surface area (Å²) in [6, 6.07) is 8.07. The predicted molar refractivity (Wildman–Crippen MR) is 86.7 cm³/mol. The Balaban J connectivity index is 1.48. The first-order valence-electron chi connectivity index (χ1n) is 8.52. The highest BCUT2D eigenvalue weighted by molar-refractivity contribution is 5.97. The van der Waals surface area contributed by atoms with Crippen LogP contribution in [0.4, 0.5) is 0 Å². The van der Waals surface area contributed by atoms with E-state index in [1.807, 2.05) is 9.80 Å². The molecule has 3 heterocycles. The molecule has 3 aliphatic rings. The molecule has 5 heteroatoms. The monoisotopic (exact) mass is 313 g/mol. The number of piperazine rings is 2. The minimum absolute atomic E-state index is 0.153. The number of hydrogen-bond acceptors (Lipinski definition) is 3. The molecule has 3 fully saturated rings. The van der Waals surface area contributed by atoms with Crippen LogP contribution in [-0.2, 0) is 16.1 Å². The second-order valence-corrected chi connectivity index (χ2v) is 6.96. The summed E-state index contributed by atoms with van der Waals surface area (Å²) < 4.78 is 0. The maximum Gasteiger partial charge on any atom is 0.247 e. The van der Waals surface area contributed by atoms with Crippen LogP contribution in [0.15, 0.2) is 24.3 Å². The van der Waals surface area contributed by atoms with E-state index in [0.29, 0.717) is 13.1 Å². The second kappa shape index (κ2) is 5.64. The van der Waals surface area contributed by atoms with E-state index in [2.05, 4.69) is 36.1 Å². The molecule has 1 aromatic carbocycles. The number of amides is 2. The minimum Gasteiger partial charge on any atom is -0.329 e. The third-order valence-electron chi connectivity index (χ3n) is 5.38. The minimum atomic E-state index is -0.281.